The van der Waals surface area contributed by atoms with Crippen LogP contribution in [0.2, 0.25) is 0 Å². The maximum atomic E-state index is 11.7. The van der Waals surface area contributed by atoms with Crippen molar-refractivity contribution in [2.45, 2.75) is 31.5 Å². The third kappa shape index (κ3) is 1.56. The van der Waals surface area contributed by atoms with Crippen molar-refractivity contribution >= 4 is 11.9 Å². The summed E-state index contributed by atoms with van der Waals surface area (Å²) < 4.78 is 10.1. The number of hydrogen-bond acceptors (Lipinski definition) is 4. The number of allylic oxidation sites excluding steroid dienone is 1. The summed E-state index contributed by atoms with van der Waals surface area (Å²) in [6.07, 6.45) is 3.48. The minimum atomic E-state index is -1.16. The fourth-order valence-corrected chi connectivity index (χ4v) is 1.78. The molecule has 2 atom stereocenters. The van der Waals surface area contributed by atoms with Gasteiger partial charge in [-0.25, -0.2) is 9.59 Å². The molecule has 1 saturated heterocycles. The lowest BCUT2D eigenvalue weighted by molar-refractivity contribution is -0.209. The highest BCUT2D eigenvalue weighted by atomic mass is 16.7. The smallest absolute Gasteiger partial charge is 0.352 e. The van der Waals surface area contributed by atoms with Crippen LogP contribution in [0.3, 0.4) is 0 Å². The lowest BCUT2D eigenvalue weighted by Crippen LogP contribution is -2.53. The molecule has 0 bridgehead atoms. The monoisotopic (exact) mass is 208 g/mol. The number of rotatable bonds is 0. The van der Waals surface area contributed by atoms with Gasteiger partial charge < -0.3 is 9.47 Å². The van der Waals surface area contributed by atoms with Gasteiger partial charge in [0, 0.05) is 12.8 Å². The summed E-state index contributed by atoms with van der Waals surface area (Å²) in [5.41, 5.74) is -0.393. The van der Waals surface area contributed by atoms with Gasteiger partial charge in [0.2, 0.25) is 5.60 Å². The van der Waals surface area contributed by atoms with Crippen LogP contribution >= 0.6 is 0 Å². The van der Waals surface area contributed by atoms with Crippen LogP contribution in [-0.2, 0) is 19.1 Å². The zero-order valence-corrected chi connectivity index (χ0v) is 8.49. The first-order chi connectivity index (χ1) is 7.03. The Morgan fingerprint density at radius 3 is 2.93 bits per heavy atom. The Balaban J connectivity index is 2.28. The molecule has 4 heteroatoms. The summed E-state index contributed by atoms with van der Waals surface area (Å²) in [6, 6.07) is 0. The molecule has 2 rings (SSSR count). The number of hydrogen-bond donors (Lipinski definition) is 0. The van der Waals surface area contributed by atoms with Crippen molar-refractivity contribution in [2.24, 2.45) is 0 Å². The fraction of sp³-hybridized carbons (Fsp3) is 0.455. The van der Waals surface area contributed by atoms with Gasteiger partial charge in [0.05, 0.1) is 0 Å². The molecule has 1 aliphatic carbocycles. The van der Waals surface area contributed by atoms with Crippen molar-refractivity contribution in [1.29, 1.82) is 0 Å². The maximum absolute atomic E-state index is 11.7. The van der Waals surface area contributed by atoms with Gasteiger partial charge in [-0.3, -0.25) is 0 Å². The van der Waals surface area contributed by atoms with Crippen LogP contribution in [0.5, 0.6) is 0 Å². The third-order valence-corrected chi connectivity index (χ3v) is 2.60. The Labute approximate surface area is 87.5 Å². The van der Waals surface area contributed by atoms with Gasteiger partial charge in [0.15, 0.2) is 6.10 Å². The van der Waals surface area contributed by atoms with E-state index in [2.05, 4.69) is 6.58 Å². The Bertz CT molecular complexity index is 369. The van der Waals surface area contributed by atoms with Gasteiger partial charge in [-0.2, -0.15) is 0 Å². The van der Waals surface area contributed by atoms with Crippen molar-refractivity contribution in [2.75, 3.05) is 0 Å². The summed E-state index contributed by atoms with van der Waals surface area (Å²) in [7, 11) is 0. The summed E-state index contributed by atoms with van der Waals surface area (Å²) in [6.45, 7) is 5.26. The Kier molecular flexibility index (Phi) is 2.14. The minimum absolute atomic E-state index is 0.320. The zero-order chi connectivity index (χ0) is 11.1. The van der Waals surface area contributed by atoms with Crippen LogP contribution in [0.25, 0.3) is 0 Å². The van der Waals surface area contributed by atoms with E-state index in [1.165, 1.54) is 6.92 Å². The number of carbonyl (C=O) groups excluding carboxylic acids is 2. The molecule has 0 saturated carbocycles. The van der Waals surface area contributed by atoms with Crippen LogP contribution in [0.15, 0.2) is 24.3 Å². The summed E-state index contributed by atoms with van der Waals surface area (Å²) in [5, 5.41) is 0. The molecule has 1 heterocycles. The molecule has 0 amide bonds. The van der Waals surface area contributed by atoms with E-state index in [0.717, 1.165) is 5.57 Å². The van der Waals surface area contributed by atoms with E-state index in [1.54, 1.807) is 6.08 Å². The zero-order valence-electron chi connectivity index (χ0n) is 8.49. The van der Waals surface area contributed by atoms with Crippen LogP contribution in [0, 0.1) is 0 Å². The van der Waals surface area contributed by atoms with Gasteiger partial charge in [-0.05, 0) is 6.92 Å². The third-order valence-electron chi connectivity index (χ3n) is 2.60. The first-order valence-electron chi connectivity index (χ1n) is 4.82. The highest BCUT2D eigenvalue weighted by Gasteiger charge is 2.50. The fourth-order valence-electron chi connectivity index (χ4n) is 1.78. The quantitative estimate of drug-likeness (QED) is 0.560. The summed E-state index contributed by atoms with van der Waals surface area (Å²) in [5.74, 6) is -0.960. The first-order valence-corrected chi connectivity index (χ1v) is 4.82. The molecule has 0 radical (unpaired) electrons. The van der Waals surface area contributed by atoms with Gasteiger partial charge in [0.1, 0.15) is 0 Å². The second-order valence-electron chi connectivity index (χ2n) is 3.90. The molecule has 15 heavy (non-hydrogen) atoms. The minimum Gasteiger partial charge on any atom is -0.448 e. The van der Waals surface area contributed by atoms with E-state index in [1.807, 2.05) is 6.08 Å². The average molecular weight is 208 g/mol. The largest absolute Gasteiger partial charge is 0.448 e. The van der Waals surface area contributed by atoms with Crippen LogP contribution in [-0.4, -0.2) is 23.6 Å². The Morgan fingerprint density at radius 1 is 1.53 bits per heavy atom. The van der Waals surface area contributed by atoms with Crippen molar-refractivity contribution in [3.8, 4) is 0 Å². The predicted molar refractivity (Wildman–Crippen MR) is 51.9 cm³/mol. The number of esters is 2. The summed E-state index contributed by atoms with van der Waals surface area (Å²) in [4.78, 5) is 23.1. The molecule has 1 fully saturated rings. The van der Waals surface area contributed by atoms with E-state index >= 15 is 0 Å². The van der Waals surface area contributed by atoms with Gasteiger partial charge in [0.25, 0.3) is 0 Å². The Morgan fingerprint density at radius 2 is 2.27 bits per heavy atom. The normalized spacial score (nSPS) is 35.3. The second kappa shape index (κ2) is 3.22. The molecule has 4 nitrogen and oxygen atoms in total. The molecule has 0 N–H and O–H groups in total. The SMILES string of the molecule is C=C1C=CCC2(C1)OC(=O)[C@@H](C)OC2=O. The highest BCUT2D eigenvalue weighted by Crippen LogP contribution is 2.34. The van der Waals surface area contributed by atoms with E-state index in [-0.39, 0.29) is 0 Å². The number of carbonyl (C=O) groups is 2. The van der Waals surface area contributed by atoms with Crippen LogP contribution in [0.1, 0.15) is 19.8 Å². The number of ether oxygens (including phenoxy) is 2. The standard InChI is InChI=1S/C11H12O4/c1-7-4-3-5-11(6-7)10(13)14-8(2)9(12)15-11/h3-4,8H,1,5-6H2,2H3/t8-,11?/m1/s1. The molecule has 2 aliphatic rings. The second-order valence-corrected chi connectivity index (χ2v) is 3.90. The summed E-state index contributed by atoms with van der Waals surface area (Å²) >= 11 is 0. The lowest BCUT2D eigenvalue weighted by atomic mass is 9.86. The Hall–Kier alpha value is -1.58. The topological polar surface area (TPSA) is 52.6 Å². The van der Waals surface area contributed by atoms with Crippen LogP contribution < -0.4 is 0 Å². The van der Waals surface area contributed by atoms with E-state index in [4.69, 9.17) is 9.47 Å². The lowest BCUT2D eigenvalue weighted by Gasteiger charge is -2.37. The van der Waals surface area contributed by atoms with Gasteiger partial charge in [-0.15, -0.1) is 0 Å². The molecule has 0 aromatic heterocycles. The molecular formula is C11H12O4. The van der Waals surface area contributed by atoms with Crippen molar-refractivity contribution in [1.82, 2.24) is 0 Å². The molecule has 1 spiro atoms. The first kappa shape index (κ1) is 9.96. The van der Waals surface area contributed by atoms with Crippen LogP contribution in [0.4, 0.5) is 0 Å². The molecule has 0 aromatic carbocycles. The molecule has 80 valence electrons. The van der Waals surface area contributed by atoms with Crippen molar-refractivity contribution < 1.29 is 19.1 Å². The predicted octanol–water partition coefficient (Wildman–Crippen LogP) is 1.12. The van der Waals surface area contributed by atoms with Crippen molar-refractivity contribution in [3.05, 3.63) is 24.3 Å². The molecular weight excluding hydrogens is 196 g/mol. The molecule has 1 aliphatic heterocycles. The van der Waals surface area contributed by atoms with Gasteiger partial charge >= 0.3 is 11.9 Å². The van der Waals surface area contributed by atoms with Crippen molar-refractivity contribution in [3.63, 3.8) is 0 Å². The number of cyclic esters (lactones) is 1. The average Bonchev–Trinajstić information content (AvgIpc) is 2.15. The van der Waals surface area contributed by atoms with E-state index in [9.17, 15) is 9.59 Å². The molecule has 1 unspecified atom stereocenters. The highest BCUT2D eigenvalue weighted by molar-refractivity contribution is 5.91. The van der Waals surface area contributed by atoms with Gasteiger partial charge in [-0.1, -0.05) is 24.3 Å². The molecule has 0 aromatic rings. The van der Waals surface area contributed by atoms with E-state index < -0.39 is 23.6 Å². The van der Waals surface area contributed by atoms with E-state index in [0.29, 0.717) is 12.8 Å². The maximum Gasteiger partial charge on any atom is 0.352 e.